The number of ether oxygens (including phenoxy) is 2. The molecule has 0 aromatic rings. The van der Waals surface area contributed by atoms with Gasteiger partial charge in [-0.05, 0) is 12.8 Å². The van der Waals surface area contributed by atoms with Crippen molar-refractivity contribution in [3.63, 3.8) is 0 Å². The molecular formula is C24H50O6. The van der Waals surface area contributed by atoms with Crippen LogP contribution in [-0.4, -0.2) is 71.3 Å². The number of aliphatic hydroxyl groups excluding tert-OH is 4. The number of aliphatic hydroxyl groups is 4. The van der Waals surface area contributed by atoms with Crippen molar-refractivity contribution in [3.05, 3.63) is 0 Å². The normalized spacial score (nSPS) is 15.8. The van der Waals surface area contributed by atoms with E-state index >= 15 is 0 Å². The molecule has 0 heterocycles. The fourth-order valence-electron chi connectivity index (χ4n) is 3.58. The Balaban J connectivity index is 4.18. The van der Waals surface area contributed by atoms with E-state index in [1.54, 1.807) is 0 Å². The van der Waals surface area contributed by atoms with Crippen molar-refractivity contribution in [2.75, 3.05) is 26.4 Å². The highest BCUT2D eigenvalue weighted by Gasteiger charge is 2.33. The second kappa shape index (κ2) is 22.0. The minimum absolute atomic E-state index is 0.354. The summed E-state index contributed by atoms with van der Waals surface area (Å²) in [7, 11) is 0. The van der Waals surface area contributed by atoms with Crippen molar-refractivity contribution >= 4 is 0 Å². The van der Waals surface area contributed by atoms with E-state index in [2.05, 4.69) is 13.8 Å². The summed E-state index contributed by atoms with van der Waals surface area (Å²) < 4.78 is 11.4. The molecule has 4 atom stereocenters. The zero-order valence-corrected chi connectivity index (χ0v) is 19.6. The molecule has 0 aromatic heterocycles. The Morgan fingerprint density at radius 2 is 1.00 bits per heavy atom. The molecule has 0 radical (unpaired) electrons. The first kappa shape index (κ1) is 29.8. The van der Waals surface area contributed by atoms with Crippen LogP contribution < -0.4 is 0 Å². The topological polar surface area (TPSA) is 99.4 Å². The Morgan fingerprint density at radius 1 is 0.567 bits per heavy atom. The molecular weight excluding hydrogens is 384 g/mol. The Labute approximate surface area is 185 Å². The third-order valence-electron chi connectivity index (χ3n) is 5.60. The number of hydrogen-bond donors (Lipinski definition) is 4. The van der Waals surface area contributed by atoms with Gasteiger partial charge in [-0.15, -0.1) is 0 Å². The van der Waals surface area contributed by atoms with E-state index in [9.17, 15) is 20.4 Å². The molecule has 0 amide bonds. The summed E-state index contributed by atoms with van der Waals surface area (Å²) in [5, 5.41) is 39.6. The summed E-state index contributed by atoms with van der Waals surface area (Å²) >= 11 is 0. The summed E-state index contributed by atoms with van der Waals surface area (Å²) in [5.74, 6) is 0. The van der Waals surface area contributed by atoms with Gasteiger partial charge in [0.25, 0.3) is 0 Å². The largest absolute Gasteiger partial charge is 0.394 e. The second-order valence-electron chi connectivity index (χ2n) is 8.41. The average molecular weight is 435 g/mol. The van der Waals surface area contributed by atoms with E-state index in [4.69, 9.17) is 9.47 Å². The quantitative estimate of drug-likeness (QED) is 0.182. The van der Waals surface area contributed by atoms with Crippen molar-refractivity contribution < 1.29 is 29.9 Å². The molecule has 0 bridgehead atoms. The van der Waals surface area contributed by atoms with Crippen LogP contribution in [0.2, 0.25) is 0 Å². The van der Waals surface area contributed by atoms with Gasteiger partial charge in [0.1, 0.15) is 24.4 Å². The van der Waals surface area contributed by atoms with E-state index in [1.807, 2.05) is 0 Å². The molecule has 0 saturated carbocycles. The number of rotatable bonds is 23. The molecule has 0 aromatic carbocycles. The van der Waals surface area contributed by atoms with E-state index in [-0.39, 0.29) is 6.61 Å². The lowest BCUT2D eigenvalue weighted by molar-refractivity contribution is -0.162. The fraction of sp³-hybridized carbons (Fsp3) is 1.00. The molecule has 4 N–H and O–H groups in total. The van der Waals surface area contributed by atoms with E-state index in [0.717, 1.165) is 32.1 Å². The predicted octanol–water partition coefficient (Wildman–Crippen LogP) is 3.96. The molecule has 30 heavy (non-hydrogen) atoms. The van der Waals surface area contributed by atoms with E-state index in [1.165, 1.54) is 57.8 Å². The van der Waals surface area contributed by atoms with Crippen LogP contribution in [0.25, 0.3) is 0 Å². The molecule has 182 valence electrons. The van der Waals surface area contributed by atoms with Gasteiger partial charge in [-0.3, -0.25) is 0 Å². The zero-order chi connectivity index (χ0) is 22.5. The predicted molar refractivity (Wildman–Crippen MR) is 122 cm³/mol. The summed E-state index contributed by atoms with van der Waals surface area (Å²) in [6.07, 6.45) is 12.0. The lowest BCUT2D eigenvalue weighted by atomic mass is 10.0. The summed E-state index contributed by atoms with van der Waals surface area (Å²) in [5.41, 5.74) is 0. The maximum absolute atomic E-state index is 10.6. The van der Waals surface area contributed by atoms with Gasteiger partial charge in [-0.1, -0.05) is 90.9 Å². The number of unbranched alkanes of at least 4 members (excludes halogenated alkanes) is 12. The van der Waals surface area contributed by atoms with Crippen molar-refractivity contribution in [1.82, 2.24) is 0 Å². The van der Waals surface area contributed by atoms with Crippen LogP contribution in [0.1, 0.15) is 104 Å². The Kier molecular flexibility index (Phi) is 21.8. The van der Waals surface area contributed by atoms with Gasteiger partial charge in [0.15, 0.2) is 0 Å². The van der Waals surface area contributed by atoms with Gasteiger partial charge >= 0.3 is 0 Å². The van der Waals surface area contributed by atoms with Crippen LogP contribution in [0.5, 0.6) is 0 Å². The highest BCUT2D eigenvalue weighted by atomic mass is 16.5. The summed E-state index contributed by atoms with van der Waals surface area (Å²) in [4.78, 5) is 0. The average Bonchev–Trinajstić information content (AvgIpc) is 2.76. The molecule has 0 fully saturated rings. The van der Waals surface area contributed by atoms with Crippen molar-refractivity contribution in [3.8, 4) is 0 Å². The van der Waals surface area contributed by atoms with Crippen molar-refractivity contribution in [1.29, 1.82) is 0 Å². The molecule has 0 aliphatic carbocycles. The Bertz CT molecular complexity index is 342. The third-order valence-corrected chi connectivity index (χ3v) is 5.60. The molecule has 0 aliphatic rings. The lowest BCUT2D eigenvalue weighted by Gasteiger charge is -2.31. The molecule has 0 rings (SSSR count). The van der Waals surface area contributed by atoms with Crippen molar-refractivity contribution in [2.45, 2.75) is 128 Å². The van der Waals surface area contributed by atoms with Gasteiger partial charge in [-0.2, -0.15) is 0 Å². The van der Waals surface area contributed by atoms with E-state index < -0.39 is 31.0 Å². The van der Waals surface area contributed by atoms with Gasteiger partial charge in [0, 0.05) is 13.2 Å². The minimum Gasteiger partial charge on any atom is -0.394 e. The number of hydrogen-bond acceptors (Lipinski definition) is 6. The first-order valence-electron chi connectivity index (χ1n) is 12.4. The smallest absolute Gasteiger partial charge is 0.114 e. The van der Waals surface area contributed by atoms with Crippen LogP contribution in [0, 0.1) is 0 Å². The van der Waals surface area contributed by atoms with Crippen molar-refractivity contribution in [2.24, 2.45) is 0 Å². The third kappa shape index (κ3) is 15.5. The van der Waals surface area contributed by atoms with Gasteiger partial charge in [0.05, 0.1) is 13.2 Å². The molecule has 0 spiro atoms. The van der Waals surface area contributed by atoms with Crippen LogP contribution in [0.15, 0.2) is 0 Å². The van der Waals surface area contributed by atoms with Crippen LogP contribution in [-0.2, 0) is 9.47 Å². The summed E-state index contributed by atoms with van der Waals surface area (Å²) in [6.45, 7) is 4.40. The maximum atomic E-state index is 10.6. The van der Waals surface area contributed by atoms with Gasteiger partial charge in [-0.25, -0.2) is 0 Å². The highest BCUT2D eigenvalue weighted by molar-refractivity contribution is 4.83. The molecule has 0 unspecified atom stereocenters. The summed E-state index contributed by atoms with van der Waals surface area (Å²) in [6, 6.07) is 0. The standard InChI is InChI=1S/C24H50O6/c1-3-5-7-9-11-13-15-17-29-22(20-26)23(28)24(21(27)19-25)30-18-16-14-12-10-8-6-4-2/h21-28H,3-20H2,1-2H3/t21-,22+,23-,24-/m1/s1. The van der Waals surface area contributed by atoms with Gasteiger partial charge in [0.2, 0.25) is 0 Å². The van der Waals surface area contributed by atoms with E-state index in [0.29, 0.717) is 13.2 Å². The van der Waals surface area contributed by atoms with Crippen LogP contribution in [0.3, 0.4) is 0 Å². The Morgan fingerprint density at radius 3 is 1.43 bits per heavy atom. The first-order valence-corrected chi connectivity index (χ1v) is 12.4. The van der Waals surface area contributed by atoms with Crippen LogP contribution >= 0.6 is 0 Å². The lowest BCUT2D eigenvalue weighted by Crippen LogP contribution is -2.49. The minimum atomic E-state index is -1.21. The first-order chi connectivity index (χ1) is 14.6. The molecule has 0 saturated heterocycles. The van der Waals surface area contributed by atoms with Crippen LogP contribution in [0.4, 0.5) is 0 Å². The zero-order valence-electron chi connectivity index (χ0n) is 19.6. The molecule has 6 heteroatoms. The SMILES string of the molecule is CCCCCCCCCO[C@@H]([C@H](O)[C@H](CO)OCCCCCCCCC)[C@H](O)CO. The molecule has 0 aliphatic heterocycles. The maximum Gasteiger partial charge on any atom is 0.114 e. The van der Waals surface area contributed by atoms with Gasteiger partial charge < -0.3 is 29.9 Å². The fourth-order valence-corrected chi connectivity index (χ4v) is 3.58. The second-order valence-corrected chi connectivity index (χ2v) is 8.41. The Hall–Kier alpha value is -0.240. The molecule has 6 nitrogen and oxygen atoms in total. The highest BCUT2D eigenvalue weighted by Crippen LogP contribution is 2.15. The monoisotopic (exact) mass is 434 g/mol.